The van der Waals surface area contributed by atoms with Crippen molar-refractivity contribution < 1.29 is 9.59 Å². The molecule has 0 unspecified atom stereocenters. The maximum atomic E-state index is 13.0. The summed E-state index contributed by atoms with van der Waals surface area (Å²) in [5, 5.41) is 2.83. The number of hydrogen-bond donors (Lipinski definition) is 2. The number of carbonyl (C=O) groups is 2. The smallest absolute Gasteiger partial charge is 0.250 e. The Morgan fingerprint density at radius 1 is 1.15 bits per heavy atom. The number of para-hydroxylation sites is 1. The van der Waals surface area contributed by atoms with Gasteiger partial charge in [0.1, 0.15) is 0 Å². The number of carbonyl (C=O) groups excluding carboxylic acids is 2. The van der Waals surface area contributed by atoms with Crippen LogP contribution in [0.2, 0.25) is 0 Å². The molecule has 2 aliphatic rings. The maximum absolute atomic E-state index is 13.0. The van der Waals surface area contributed by atoms with Gasteiger partial charge in [-0.2, -0.15) is 0 Å². The van der Waals surface area contributed by atoms with Crippen molar-refractivity contribution in [3.05, 3.63) is 58.3 Å². The van der Waals surface area contributed by atoms with Crippen molar-refractivity contribution in [3.63, 3.8) is 0 Å². The number of likely N-dealkylation sites (tertiary alicyclic amines) is 1. The number of nitrogens with one attached hydrogen (secondary N) is 2. The predicted octanol–water partition coefficient (Wildman–Crippen LogP) is 1.60. The first-order valence-electron chi connectivity index (χ1n) is 8.84. The van der Waals surface area contributed by atoms with E-state index in [1.54, 1.807) is 0 Å². The molecule has 7 nitrogen and oxygen atoms in total. The summed E-state index contributed by atoms with van der Waals surface area (Å²) in [6.45, 7) is 1.22. The zero-order valence-electron chi connectivity index (χ0n) is 14.3. The van der Waals surface area contributed by atoms with E-state index in [0.29, 0.717) is 13.1 Å². The predicted molar refractivity (Wildman–Crippen MR) is 95.8 cm³/mol. The Kier molecular flexibility index (Phi) is 4.28. The normalized spacial score (nSPS) is 20.4. The van der Waals surface area contributed by atoms with Gasteiger partial charge in [-0.3, -0.25) is 14.4 Å². The molecule has 0 aliphatic carbocycles. The van der Waals surface area contributed by atoms with E-state index in [1.165, 1.54) is 12.4 Å². The maximum Gasteiger partial charge on any atom is 0.250 e. The minimum Gasteiger partial charge on any atom is -0.342 e. The molecule has 1 aromatic heterocycles. The molecule has 2 N–H and O–H groups in total. The molecule has 0 spiro atoms. The molecular formula is C19H20N4O3. The van der Waals surface area contributed by atoms with Gasteiger partial charge >= 0.3 is 0 Å². The summed E-state index contributed by atoms with van der Waals surface area (Å²) in [6, 6.07) is 9.01. The van der Waals surface area contributed by atoms with E-state index in [-0.39, 0.29) is 29.7 Å². The molecular weight excluding hydrogens is 332 g/mol. The number of aromatic amines is 1. The van der Waals surface area contributed by atoms with Crippen LogP contribution in [0.4, 0.5) is 5.69 Å². The number of rotatable bonds is 2. The molecule has 1 atom stereocenters. The van der Waals surface area contributed by atoms with E-state index in [9.17, 15) is 14.4 Å². The average Bonchev–Trinajstić information content (AvgIpc) is 2.67. The molecule has 7 heteroatoms. The average molecular weight is 352 g/mol. The Balaban J connectivity index is 1.47. The second kappa shape index (κ2) is 6.74. The van der Waals surface area contributed by atoms with Crippen LogP contribution in [0.25, 0.3) is 0 Å². The topological polar surface area (TPSA) is 95.2 Å². The van der Waals surface area contributed by atoms with Crippen LogP contribution < -0.4 is 10.9 Å². The SMILES string of the molecule is O=C1C[C@H](C(=O)N2CCC(c3cc(=O)[nH]cn3)CC2)c2ccccc2N1. The summed E-state index contributed by atoms with van der Waals surface area (Å²) in [5.74, 6) is -0.355. The van der Waals surface area contributed by atoms with Crippen LogP contribution in [0, 0.1) is 0 Å². The lowest BCUT2D eigenvalue weighted by Gasteiger charge is -2.35. The van der Waals surface area contributed by atoms with Gasteiger partial charge in [0.15, 0.2) is 0 Å². The molecule has 1 aromatic carbocycles. The van der Waals surface area contributed by atoms with Gasteiger partial charge in [-0.25, -0.2) is 4.98 Å². The molecule has 134 valence electrons. The van der Waals surface area contributed by atoms with Crippen LogP contribution >= 0.6 is 0 Å². The number of anilines is 1. The lowest BCUT2D eigenvalue weighted by atomic mass is 9.87. The number of piperidine rings is 1. The van der Waals surface area contributed by atoms with E-state index >= 15 is 0 Å². The summed E-state index contributed by atoms with van der Waals surface area (Å²) in [5.41, 5.74) is 2.24. The second-order valence-electron chi connectivity index (χ2n) is 6.83. The molecule has 1 saturated heterocycles. The van der Waals surface area contributed by atoms with Crippen molar-refractivity contribution in [2.45, 2.75) is 31.1 Å². The number of H-pyrrole nitrogens is 1. The van der Waals surface area contributed by atoms with Crippen LogP contribution in [0.5, 0.6) is 0 Å². The highest BCUT2D eigenvalue weighted by molar-refractivity contribution is 6.01. The fourth-order valence-corrected chi connectivity index (χ4v) is 3.85. The van der Waals surface area contributed by atoms with Crippen molar-refractivity contribution in [1.29, 1.82) is 0 Å². The Labute approximate surface area is 150 Å². The minimum atomic E-state index is -0.422. The number of fused-ring (bicyclic) bond motifs is 1. The van der Waals surface area contributed by atoms with E-state index in [4.69, 9.17) is 0 Å². The fraction of sp³-hybridized carbons (Fsp3) is 0.368. The molecule has 2 amide bonds. The van der Waals surface area contributed by atoms with Crippen LogP contribution in [0.3, 0.4) is 0 Å². The molecule has 1 fully saturated rings. The quantitative estimate of drug-likeness (QED) is 0.858. The zero-order valence-corrected chi connectivity index (χ0v) is 14.3. The third-order valence-corrected chi connectivity index (χ3v) is 5.22. The van der Waals surface area contributed by atoms with Crippen LogP contribution in [-0.2, 0) is 9.59 Å². The van der Waals surface area contributed by atoms with Crippen molar-refractivity contribution in [3.8, 4) is 0 Å². The summed E-state index contributed by atoms with van der Waals surface area (Å²) in [6.07, 6.45) is 3.14. The lowest BCUT2D eigenvalue weighted by molar-refractivity contribution is -0.135. The van der Waals surface area contributed by atoms with Gasteiger partial charge in [-0.15, -0.1) is 0 Å². The minimum absolute atomic E-state index is 0.00428. The fourth-order valence-electron chi connectivity index (χ4n) is 3.85. The van der Waals surface area contributed by atoms with Crippen LogP contribution in [-0.4, -0.2) is 39.8 Å². The third kappa shape index (κ3) is 3.12. The van der Waals surface area contributed by atoms with Gasteiger partial charge in [0.05, 0.1) is 17.9 Å². The van der Waals surface area contributed by atoms with Gasteiger partial charge in [0, 0.05) is 37.2 Å². The standard InChI is InChI=1S/C19H20N4O3/c24-17-10-16(20-11-21-17)12-5-7-23(8-6-12)19(26)14-9-18(25)22-15-4-2-1-3-13(14)15/h1-4,10-12,14H,5-9H2,(H,22,25)(H,20,21,24)/t14-/m0/s1. The van der Waals surface area contributed by atoms with Crippen molar-refractivity contribution in [2.75, 3.05) is 18.4 Å². The van der Waals surface area contributed by atoms with E-state index < -0.39 is 5.92 Å². The first-order chi connectivity index (χ1) is 12.6. The van der Waals surface area contributed by atoms with Gasteiger partial charge in [-0.1, -0.05) is 18.2 Å². The Bertz CT molecular complexity index is 899. The van der Waals surface area contributed by atoms with Crippen LogP contribution in [0.1, 0.15) is 42.4 Å². The number of amides is 2. The Morgan fingerprint density at radius 2 is 1.92 bits per heavy atom. The number of benzene rings is 1. The third-order valence-electron chi connectivity index (χ3n) is 5.22. The number of nitrogens with zero attached hydrogens (tertiary/aromatic N) is 2. The second-order valence-corrected chi connectivity index (χ2v) is 6.83. The summed E-state index contributed by atoms with van der Waals surface area (Å²) in [7, 11) is 0. The van der Waals surface area contributed by atoms with Crippen molar-refractivity contribution >= 4 is 17.5 Å². The highest BCUT2D eigenvalue weighted by atomic mass is 16.2. The first kappa shape index (κ1) is 16.5. The first-order valence-corrected chi connectivity index (χ1v) is 8.84. The van der Waals surface area contributed by atoms with Crippen molar-refractivity contribution in [1.82, 2.24) is 14.9 Å². The molecule has 3 heterocycles. The van der Waals surface area contributed by atoms with Crippen LogP contribution in [0.15, 0.2) is 41.5 Å². The van der Waals surface area contributed by atoms with E-state index in [2.05, 4.69) is 15.3 Å². The summed E-state index contributed by atoms with van der Waals surface area (Å²) in [4.78, 5) is 45.1. The van der Waals surface area contributed by atoms with E-state index in [0.717, 1.165) is 29.8 Å². The monoisotopic (exact) mass is 352 g/mol. The Hall–Kier alpha value is -2.96. The molecule has 26 heavy (non-hydrogen) atoms. The number of hydrogen-bond acceptors (Lipinski definition) is 4. The molecule has 2 aliphatic heterocycles. The highest BCUT2D eigenvalue weighted by Gasteiger charge is 2.35. The molecule has 0 saturated carbocycles. The molecule has 4 rings (SSSR count). The summed E-state index contributed by atoms with van der Waals surface area (Å²) >= 11 is 0. The van der Waals surface area contributed by atoms with Gasteiger partial charge in [-0.05, 0) is 24.5 Å². The van der Waals surface area contributed by atoms with Crippen molar-refractivity contribution in [2.24, 2.45) is 0 Å². The number of aromatic nitrogens is 2. The highest BCUT2D eigenvalue weighted by Crippen LogP contribution is 2.35. The van der Waals surface area contributed by atoms with Gasteiger partial charge < -0.3 is 15.2 Å². The van der Waals surface area contributed by atoms with Gasteiger partial charge in [0.2, 0.25) is 11.8 Å². The lowest BCUT2D eigenvalue weighted by Crippen LogP contribution is -2.42. The molecule has 0 radical (unpaired) electrons. The molecule has 2 aromatic rings. The molecule has 0 bridgehead atoms. The zero-order chi connectivity index (χ0) is 18.1. The summed E-state index contributed by atoms with van der Waals surface area (Å²) < 4.78 is 0. The Morgan fingerprint density at radius 3 is 2.69 bits per heavy atom. The largest absolute Gasteiger partial charge is 0.342 e. The van der Waals surface area contributed by atoms with E-state index in [1.807, 2.05) is 29.2 Å². The van der Waals surface area contributed by atoms with Gasteiger partial charge in [0.25, 0.3) is 5.56 Å².